The fourth-order valence-electron chi connectivity index (χ4n) is 4.88. The lowest BCUT2D eigenvalue weighted by Gasteiger charge is -2.44. The van der Waals surface area contributed by atoms with Gasteiger partial charge in [-0.3, -0.25) is 4.68 Å². The standard InChI is InChI=1S/C30H29F3N4O6S/c1-19(44-23-13-41-28(42-14-23)5-3-2-4-21-7-6-20(12-34)10-25(21)32)30(16-37-18-35-17-36-37,27(38)15-43-29(39)40)24-9-8-22(31)11-26(24)33/h2-11,17-19,23,27-28,38H,13-16H2,1H3,(H,39,40)/t19-,23?,27?,28?,30+/m1/s1. The van der Waals surface area contributed by atoms with Gasteiger partial charge in [0.25, 0.3) is 0 Å². The van der Waals surface area contributed by atoms with Crippen LogP contribution in [0.25, 0.3) is 6.08 Å². The maximum Gasteiger partial charge on any atom is 0.505 e. The van der Waals surface area contributed by atoms with Crippen LogP contribution in [0.1, 0.15) is 23.6 Å². The quantitative estimate of drug-likeness (QED) is 0.214. The number of rotatable bonds is 12. The van der Waals surface area contributed by atoms with Gasteiger partial charge in [0.15, 0.2) is 6.29 Å². The van der Waals surface area contributed by atoms with Crippen molar-refractivity contribution in [3.63, 3.8) is 0 Å². The zero-order chi connectivity index (χ0) is 31.7. The molecule has 3 aromatic rings. The first-order valence-electron chi connectivity index (χ1n) is 13.4. The molecule has 1 aromatic heterocycles. The van der Waals surface area contributed by atoms with Gasteiger partial charge in [0.05, 0.1) is 42.1 Å². The Balaban J connectivity index is 1.49. The van der Waals surface area contributed by atoms with Crippen molar-refractivity contribution in [3.05, 3.63) is 101 Å². The molecule has 0 saturated carbocycles. The number of hydrogen-bond donors (Lipinski definition) is 2. The van der Waals surface area contributed by atoms with E-state index in [4.69, 9.17) is 19.8 Å². The molecule has 2 heterocycles. The molecule has 0 amide bonds. The van der Waals surface area contributed by atoms with E-state index in [1.54, 1.807) is 31.2 Å². The molecule has 0 radical (unpaired) electrons. The number of nitriles is 1. The van der Waals surface area contributed by atoms with Crippen LogP contribution in [0, 0.1) is 28.8 Å². The third kappa shape index (κ3) is 8.06. The Kier molecular flexibility index (Phi) is 11.2. The van der Waals surface area contributed by atoms with Crippen molar-refractivity contribution in [1.82, 2.24) is 14.8 Å². The molecule has 1 aliphatic rings. The highest BCUT2D eigenvalue weighted by molar-refractivity contribution is 8.00. The van der Waals surface area contributed by atoms with E-state index in [1.165, 1.54) is 47.3 Å². The Morgan fingerprint density at radius 1 is 1.23 bits per heavy atom. The SMILES string of the molecule is C[C@@H](SC1COC(C=CC=Cc2ccc(C#N)cc2F)OC1)[C@@](Cn1cncn1)(c1ccc(F)cc1F)C(O)COC(=O)O. The summed E-state index contributed by atoms with van der Waals surface area (Å²) in [7, 11) is 0. The van der Waals surface area contributed by atoms with Gasteiger partial charge in [-0.05, 0) is 29.8 Å². The Bertz CT molecular complexity index is 1530. The number of aliphatic hydroxyl groups excluding tert-OH is 1. The minimum absolute atomic E-state index is 0.0557. The van der Waals surface area contributed by atoms with E-state index in [2.05, 4.69) is 14.8 Å². The largest absolute Gasteiger partial charge is 0.505 e. The molecule has 1 fully saturated rings. The van der Waals surface area contributed by atoms with E-state index in [0.717, 1.165) is 12.1 Å². The summed E-state index contributed by atoms with van der Waals surface area (Å²) < 4.78 is 61.0. The lowest BCUT2D eigenvalue weighted by molar-refractivity contribution is -0.146. The molecule has 1 aliphatic heterocycles. The molecule has 14 heteroatoms. The zero-order valence-electron chi connectivity index (χ0n) is 23.4. The van der Waals surface area contributed by atoms with Gasteiger partial charge in [-0.2, -0.15) is 10.4 Å². The van der Waals surface area contributed by atoms with Gasteiger partial charge in [-0.15, -0.1) is 11.8 Å². The molecule has 10 nitrogen and oxygen atoms in total. The molecular formula is C30H29F3N4O6S. The van der Waals surface area contributed by atoms with Crippen LogP contribution in [0.4, 0.5) is 18.0 Å². The number of halogens is 3. The second-order valence-electron chi connectivity index (χ2n) is 9.88. The molecule has 4 rings (SSSR count). The molecule has 1 saturated heterocycles. The van der Waals surface area contributed by atoms with Crippen LogP contribution in [0.15, 0.2) is 67.3 Å². The van der Waals surface area contributed by atoms with Crippen molar-refractivity contribution < 1.29 is 42.4 Å². The van der Waals surface area contributed by atoms with Crippen molar-refractivity contribution >= 4 is 24.0 Å². The highest BCUT2D eigenvalue weighted by atomic mass is 32.2. The lowest BCUT2D eigenvalue weighted by Crippen LogP contribution is -2.53. The second-order valence-corrected chi connectivity index (χ2v) is 11.5. The number of benzene rings is 2. The molecule has 1 unspecified atom stereocenters. The Hall–Kier alpha value is -4.16. The van der Waals surface area contributed by atoms with Gasteiger partial charge in [-0.1, -0.05) is 37.3 Å². The molecule has 2 N–H and O–H groups in total. The Labute approximate surface area is 255 Å². The first-order chi connectivity index (χ1) is 21.1. The maximum atomic E-state index is 15.4. The number of nitrogens with zero attached hydrogens (tertiary/aromatic N) is 4. The fourth-order valence-corrected chi connectivity index (χ4v) is 6.38. The summed E-state index contributed by atoms with van der Waals surface area (Å²) in [5.74, 6) is -2.27. The molecular weight excluding hydrogens is 601 g/mol. The van der Waals surface area contributed by atoms with E-state index in [0.29, 0.717) is 11.6 Å². The molecule has 232 valence electrons. The summed E-state index contributed by atoms with van der Waals surface area (Å²) in [5.41, 5.74) is -1.08. The maximum absolute atomic E-state index is 15.4. The van der Waals surface area contributed by atoms with Crippen LogP contribution in [-0.4, -0.2) is 73.8 Å². The summed E-state index contributed by atoms with van der Waals surface area (Å²) in [6, 6.07) is 9.02. The topological polar surface area (TPSA) is 140 Å². The summed E-state index contributed by atoms with van der Waals surface area (Å²) in [6.45, 7) is 1.33. The van der Waals surface area contributed by atoms with Crippen LogP contribution in [-0.2, 0) is 26.2 Å². The molecule has 0 spiro atoms. The number of carbonyl (C=O) groups is 1. The minimum atomic E-state index is -1.62. The van der Waals surface area contributed by atoms with Gasteiger partial charge < -0.3 is 24.4 Å². The number of aliphatic hydroxyl groups is 1. The first kappa shape index (κ1) is 32.7. The smallest absolute Gasteiger partial charge is 0.450 e. The summed E-state index contributed by atoms with van der Waals surface area (Å²) >= 11 is 1.31. The second kappa shape index (κ2) is 15.0. The van der Waals surface area contributed by atoms with E-state index >= 15 is 4.39 Å². The number of ether oxygens (including phenoxy) is 3. The highest BCUT2D eigenvalue weighted by Gasteiger charge is 2.49. The van der Waals surface area contributed by atoms with Gasteiger partial charge in [0.2, 0.25) is 0 Å². The number of hydrogen-bond acceptors (Lipinski definition) is 9. The average Bonchev–Trinajstić information content (AvgIpc) is 3.51. The molecule has 3 atom stereocenters. The van der Waals surface area contributed by atoms with E-state index in [1.807, 2.05) is 6.07 Å². The monoisotopic (exact) mass is 630 g/mol. The van der Waals surface area contributed by atoms with Crippen molar-refractivity contribution in [3.8, 4) is 6.07 Å². The van der Waals surface area contributed by atoms with Crippen LogP contribution in [0.5, 0.6) is 0 Å². The first-order valence-corrected chi connectivity index (χ1v) is 14.3. The van der Waals surface area contributed by atoms with Crippen LogP contribution >= 0.6 is 11.8 Å². The number of carboxylic acid groups (broad SMARTS) is 1. The Morgan fingerprint density at radius 2 is 2.00 bits per heavy atom. The molecule has 0 bridgehead atoms. The van der Waals surface area contributed by atoms with Gasteiger partial charge >= 0.3 is 6.16 Å². The number of allylic oxidation sites excluding steroid dienone is 2. The summed E-state index contributed by atoms with van der Waals surface area (Å²) in [6.07, 6.45) is 5.16. The van der Waals surface area contributed by atoms with Crippen molar-refractivity contribution in [2.75, 3.05) is 19.8 Å². The summed E-state index contributed by atoms with van der Waals surface area (Å²) in [5, 5.41) is 32.5. The molecule has 0 aliphatic carbocycles. The van der Waals surface area contributed by atoms with Crippen LogP contribution < -0.4 is 0 Å². The predicted octanol–water partition coefficient (Wildman–Crippen LogP) is 4.69. The van der Waals surface area contributed by atoms with Crippen molar-refractivity contribution in [2.24, 2.45) is 0 Å². The third-order valence-corrected chi connectivity index (χ3v) is 8.57. The normalized spacial score (nSPS) is 19.8. The summed E-state index contributed by atoms with van der Waals surface area (Å²) in [4.78, 5) is 15.1. The fraction of sp³-hybridized carbons (Fsp3) is 0.333. The number of aromatic nitrogens is 3. The molecule has 2 aromatic carbocycles. The van der Waals surface area contributed by atoms with Crippen molar-refractivity contribution in [2.45, 2.75) is 41.8 Å². The van der Waals surface area contributed by atoms with E-state index < -0.39 is 53.3 Å². The van der Waals surface area contributed by atoms with Crippen molar-refractivity contribution in [1.29, 1.82) is 5.26 Å². The zero-order valence-corrected chi connectivity index (χ0v) is 24.2. The van der Waals surface area contributed by atoms with E-state index in [-0.39, 0.29) is 36.1 Å². The predicted molar refractivity (Wildman–Crippen MR) is 154 cm³/mol. The van der Waals surface area contributed by atoms with E-state index in [9.17, 15) is 18.7 Å². The van der Waals surface area contributed by atoms with Gasteiger partial charge in [0, 0.05) is 16.9 Å². The molecule has 44 heavy (non-hydrogen) atoms. The lowest BCUT2D eigenvalue weighted by atomic mass is 9.72. The highest BCUT2D eigenvalue weighted by Crippen LogP contribution is 2.43. The Morgan fingerprint density at radius 3 is 2.64 bits per heavy atom. The average molecular weight is 631 g/mol. The number of thioether (sulfide) groups is 1. The van der Waals surface area contributed by atoms with Gasteiger partial charge in [0.1, 0.15) is 42.8 Å². The van der Waals surface area contributed by atoms with Gasteiger partial charge in [-0.25, -0.2) is 22.9 Å². The van der Waals surface area contributed by atoms with Crippen LogP contribution in [0.3, 0.4) is 0 Å². The third-order valence-electron chi connectivity index (χ3n) is 7.08. The van der Waals surface area contributed by atoms with Crippen LogP contribution in [0.2, 0.25) is 0 Å². The minimum Gasteiger partial charge on any atom is -0.450 e.